The summed E-state index contributed by atoms with van der Waals surface area (Å²) in [6, 6.07) is 2.48. The van der Waals surface area contributed by atoms with Crippen LogP contribution in [0.2, 0.25) is 0 Å². The summed E-state index contributed by atoms with van der Waals surface area (Å²) in [6.07, 6.45) is 2.94. The number of aliphatic hydroxyl groups is 1. The zero-order valence-corrected chi connectivity index (χ0v) is 10.2. The van der Waals surface area contributed by atoms with Gasteiger partial charge in [-0.1, -0.05) is 0 Å². The second-order valence-electron chi connectivity index (χ2n) is 4.22. The highest BCUT2D eigenvalue weighted by molar-refractivity contribution is 7.07. The van der Waals surface area contributed by atoms with E-state index in [1.807, 2.05) is 16.8 Å². The summed E-state index contributed by atoms with van der Waals surface area (Å²) in [5, 5.41) is 17.3. The molecular weight excluding hydrogens is 222 g/mol. The Morgan fingerprint density at radius 2 is 2.44 bits per heavy atom. The van der Waals surface area contributed by atoms with Crippen LogP contribution in [0.25, 0.3) is 0 Å². The average Bonchev–Trinajstić information content (AvgIpc) is 2.71. The highest BCUT2D eigenvalue weighted by Gasteiger charge is 2.14. The van der Waals surface area contributed by atoms with Gasteiger partial charge in [0, 0.05) is 25.8 Å². The lowest BCUT2D eigenvalue weighted by molar-refractivity contribution is 0.140. The number of thiophene rings is 1. The number of ether oxygens (including phenoxy) is 1. The van der Waals surface area contributed by atoms with Crippen molar-refractivity contribution in [3.63, 3.8) is 0 Å². The molecule has 4 heteroatoms. The van der Waals surface area contributed by atoms with E-state index in [-0.39, 0.29) is 6.10 Å². The third-order valence-corrected chi connectivity index (χ3v) is 3.68. The Morgan fingerprint density at radius 1 is 1.50 bits per heavy atom. The molecule has 1 aromatic heterocycles. The highest BCUT2D eigenvalue weighted by atomic mass is 32.1. The molecule has 1 aromatic rings. The van der Waals surface area contributed by atoms with Gasteiger partial charge in [-0.2, -0.15) is 11.3 Å². The molecule has 2 N–H and O–H groups in total. The largest absolute Gasteiger partial charge is 0.387 e. The molecule has 2 unspecified atom stereocenters. The fourth-order valence-corrected chi connectivity index (χ4v) is 2.68. The molecule has 2 heterocycles. The number of rotatable bonds is 4. The Balaban J connectivity index is 1.73. The van der Waals surface area contributed by atoms with Crippen molar-refractivity contribution in [3.05, 3.63) is 22.4 Å². The average molecular weight is 241 g/mol. The topological polar surface area (TPSA) is 41.5 Å². The van der Waals surface area contributed by atoms with Crippen molar-refractivity contribution in [1.29, 1.82) is 0 Å². The van der Waals surface area contributed by atoms with Gasteiger partial charge in [-0.3, -0.25) is 0 Å². The lowest BCUT2D eigenvalue weighted by atomic mass is 10.1. The summed E-state index contributed by atoms with van der Waals surface area (Å²) in [7, 11) is 0. The van der Waals surface area contributed by atoms with Gasteiger partial charge in [-0.15, -0.1) is 0 Å². The van der Waals surface area contributed by atoms with E-state index in [4.69, 9.17) is 4.74 Å². The molecule has 0 amide bonds. The first-order chi connectivity index (χ1) is 7.86. The maximum Gasteiger partial charge on any atom is 0.0922 e. The van der Waals surface area contributed by atoms with Crippen molar-refractivity contribution in [2.24, 2.45) is 0 Å². The summed E-state index contributed by atoms with van der Waals surface area (Å²) >= 11 is 1.62. The molecule has 0 bridgehead atoms. The van der Waals surface area contributed by atoms with Crippen LogP contribution < -0.4 is 5.32 Å². The lowest BCUT2D eigenvalue weighted by Gasteiger charge is -2.18. The summed E-state index contributed by atoms with van der Waals surface area (Å²) in [6.45, 7) is 2.36. The molecule has 1 saturated heterocycles. The minimum atomic E-state index is -0.379. The number of nitrogens with one attached hydrogen (secondary N) is 1. The first kappa shape index (κ1) is 12.0. The first-order valence-corrected chi connectivity index (χ1v) is 6.82. The van der Waals surface area contributed by atoms with Crippen LogP contribution in [0.1, 0.15) is 30.9 Å². The highest BCUT2D eigenvalue weighted by Crippen LogP contribution is 2.16. The molecule has 1 aliphatic heterocycles. The predicted octanol–water partition coefficient (Wildman–Crippen LogP) is 1.94. The number of hydrogen-bond donors (Lipinski definition) is 2. The smallest absolute Gasteiger partial charge is 0.0922 e. The molecule has 1 aliphatic rings. The molecule has 16 heavy (non-hydrogen) atoms. The zero-order chi connectivity index (χ0) is 11.2. The summed E-state index contributed by atoms with van der Waals surface area (Å²) in [5.41, 5.74) is 1.02. The van der Waals surface area contributed by atoms with Crippen molar-refractivity contribution < 1.29 is 9.84 Å². The van der Waals surface area contributed by atoms with E-state index in [0.29, 0.717) is 12.6 Å². The third-order valence-electron chi connectivity index (χ3n) is 2.98. The van der Waals surface area contributed by atoms with E-state index in [1.54, 1.807) is 11.3 Å². The van der Waals surface area contributed by atoms with Gasteiger partial charge in [-0.05, 0) is 41.7 Å². The van der Waals surface area contributed by atoms with Crippen LogP contribution in [0.3, 0.4) is 0 Å². The van der Waals surface area contributed by atoms with Gasteiger partial charge in [0.2, 0.25) is 0 Å². The fourth-order valence-electron chi connectivity index (χ4n) is 1.97. The quantitative estimate of drug-likeness (QED) is 0.846. The Labute approximate surface area is 100 Å². The zero-order valence-electron chi connectivity index (χ0n) is 9.39. The Bertz CT molecular complexity index is 281. The van der Waals surface area contributed by atoms with Gasteiger partial charge in [0.05, 0.1) is 6.10 Å². The molecule has 3 nitrogen and oxygen atoms in total. The lowest BCUT2D eigenvalue weighted by Crippen LogP contribution is -2.32. The third kappa shape index (κ3) is 3.56. The molecule has 2 rings (SSSR count). The molecule has 2 atom stereocenters. The van der Waals surface area contributed by atoms with E-state index in [9.17, 15) is 5.11 Å². The van der Waals surface area contributed by atoms with E-state index < -0.39 is 0 Å². The molecule has 0 aromatic carbocycles. The Hall–Kier alpha value is -0.420. The fraction of sp³-hybridized carbons (Fsp3) is 0.667. The van der Waals surface area contributed by atoms with Gasteiger partial charge in [0.1, 0.15) is 0 Å². The van der Waals surface area contributed by atoms with Crippen molar-refractivity contribution in [1.82, 2.24) is 5.32 Å². The van der Waals surface area contributed by atoms with Crippen molar-refractivity contribution >= 4 is 11.3 Å². The number of hydrogen-bond acceptors (Lipinski definition) is 4. The van der Waals surface area contributed by atoms with Crippen LogP contribution in [-0.2, 0) is 4.74 Å². The van der Waals surface area contributed by atoms with Gasteiger partial charge in [0.25, 0.3) is 0 Å². The maximum absolute atomic E-state index is 9.92. The normalized spacial score (nSPS) is 23.9. The molecule has 90 valence electrons. The van der Waals surface area contributed by atoms with Crippen LogP contribution in [-0.4, -0.2) is 30.9 Å². The summed E-state index contributed by atoms with van der Waals surface area (Å²) < 4.78 is 5.40. The van der Waals surface area contributed by atoms with E-state index >= 15 is 0 Å². The molecule has 0 radical (unpaired) electrons. The molecule has 0 spiro atoms. The minimum Gasteiger partial charge on any atom is -0.387 e. The predicted molar refractivity (Wildman–Crippen MR) is 65.7 cm³/mol. The number of aliphatic hydroxyl groups excluding tert-OH is 1. The van der Waals surface area contributed by atoms with Crippen molar-refractivity contribution in [2.75, 3.05) is 19.8 Å². The van der Waals surface area contributed by atoms with Crippen LogP contribution in [0.4, 0.5) is 0 Å². The molecule has 0 aliphatic carbocycles. The molecule has 0 saturated carbocycles. The second-order valence-corrected chi connectivity index (χ2v) is 5.00. The van der Waals surface area contributed by atoms with Crippen molar-refractivity contribution in [3.8, 4) is 0 Å². The van der Waals surface area contributed by atoms with Gasteiger partial charge in [-0.25, -0.2) is 0 Å². The van der Waals surface area contributed by atoms with Crippen molar-refractivity contribution in [2.45, 2.75) is 31.4 Å². The van der Waals surface area contributed by atoms with Crippen LogP contribution >= 0.6 is 11.3 Å². The monoisotopic (exact) mass is 241 g/mol. The van der Waals surface area contributed by atoms with Crippen LogP contribution in [0.5, 0.6) is 0 Å². The van der Waals surface area contributed by atoms with E-state index in [2.05, 4.69) is 5.32 Å². The minimum absolute atomic E-state index is 0.379. The Kier molecular flexibility index (Phi) is 4.78. The standard InChI is InChI=1S/C12H19NO2S/c14-12(10-4-7-16-9-10)8-13-11-2-1-5-15-6-3-11/h4,7,9,11-14H,1-3,5-6,8H2. The van der Waals surface area contributed by atoms with E-state index in [1.165, 1.54) is 0 Å². The Morgan fingerprint density at radius 3 is 3.25 bits per heavy atom. The second kappa shape index (κ2) is 6.35. The van der Waals surface area contributed by atoms with E-state index in [0.717, 1.165) is 38.0 Å². The molecular formula is C12H19NO2S. The van der Waals surface area contributed by atoms with Gasteiger partial charge in [0.15, 0.2) is 0 Å². The van der Waals surface area contributed by atoms with Gasteiger partial charge < -0.3 is 15.2 Å². The summed E-state index contributed by atoms with van der Waals surface area (Å²) in [5.74, 6) is 0. The van der Waals surface area contributed by atoms with Crippen LogP contribution in [0, 0.1) is 0 Å². The molecule has 1 fully saturated rings. The van der Waals surface area contributed by atoms with Gasteiger partial charge >= 0.3 is 0 Å². The SMILES string of the molecule is OC(CNC1CCCOCC1)c1ccsc1. The first-order valence-electron chi connectivity index (χ1n) is 5.87. The van der Waals surface area contributed by atoms with Crippen LogP contribution in [0.15, 0.2) is 16.8 Å². The summed E-state index contributed by atoms with van der Waals surface area (Å²) in [4.78, 5) is 0. The maximum atomic E-state index is 9.92.